The Labute approximate surface area is 584 Å². The lowest BCUT2D eigenvalue weighted by molar-refractivity contribution is -0.333. The van der Waals surface area contributed by atoms with Gasteiger partial charge in [-0.15, -0.1) is 0 Å². The van der Waals surface area contributed by atoms with Crippen molar-refractivity contribution in [2.45, 2.75) is 156 Å². The fourth-order valence-corrected chi connectivity index (χ4v) is 12.9. The normalized spacial score (nSPS) is 29.4. The lowest BCUT2D eigenvalue weighted by atomic mass is 9.86. The number of carbonyl (C=O) groups excluding carboxylic acids is 7. The molecule has 21 N–H and O–H groups in total. The monoisotopic (exact) mass is 1450 g/mol. The molecule has 7 heterocycles. The Hall–Kier alpha value is -9.20. The number of aromatic hydroxyl groups is 3. The van der Waals surface area contributed by atoms with E-state index >= 15 is 14.4 Å². The molecule has 11 bridgehead atoms. The van der Waals surface area contributed by atoms with Gasteiger partial charge in [0.2, 0.25) is 53.4 Å². The number of halogens is 2. The molecule has 18 atom stereocenters. The van der Waals surface area contributed by atoms with Gasteiger partial charge in [-0.05, 0) is 110 Å². The molecule has 2 saturated heterocycles. The number of hydrogen-bond donors (Lipinski definition) is 19. The van der Waals surface area contributed by atoms with Crippen LogP contribution >= 0.6 is 23.2 Å². The number of carboxylic acid groups (broad SMARTS) is 1. The number of hydrogen-bond acceptors (Lipinski definition) is 25. The molecule has 101 heavy (non-hydrogen) atoms. The van der Waals surface area contributed by atoms with Crippen LogP contribution in [0.3, 0.4) is 0 Å². The number of aliphatic carboxylic acids is 1. The summed E-state index contributed by atoms with van der Waals surface area (Å²) in [5.74, 6) is -16.0. The molecule has 1 unspecified atom stereocenters. The number of nitrogens with two attached hydrogens (primary N) is 2. The van der Waals surface area contributed by atoms with Crippen molar-refractivity contribution in [2.75, 3.05) is 13.7 Å². The number of aliphatic hydroxyl groups excluding tert-OH is 6. The molecule has 542 valence electrons. The van der Waals surface area contributed by atoms with Gasteiger partial charge >= 0.3 is 5.97 Å². The molecule has 33 nitrogen and oxygen atoms in total. The van der Waals surface area contributed by atoms with Crippen LogP contribution in [0.2, 0.25) is 10.0 Å². The lowest BCUT2D eigenvalue weighted by Gasteiger charge is -2.47. The molecule has 0 spiro atoms. The molecule has 5 aromatic rings. The zero-order valence-electron chi connectivity index (χ0n) is 54.3. The Bertz CT molecular complexity index is 4070. The fraction of sp³-hybridized carbons (Fsp3) is 0.424. The molecule has 0 aromatic heterocycles. The van der Waals surface area contributed by atoms with Gasteiger partial charge in [-0.2, -0.15) is 0 Å². The number of nitrogens with one attached hydrogen (secondary N) is 7. The van der Waals surface area contributed by atoms with Crippen molar-refractivity contribution in [2.24, 2.45) is 17.4 Å². The van der Waals surface area contributed by atoms with Gasteiger partial charge in [0.05, 0.1) is 41.3 Å². The van der Waals surface area contributed by atoms with Crippen LogP contribution < -0.4 is 62.9 Å². The second-order valence-electron chi connectivity index (χ2n) is 25.7. The molecule has 0 saturated carbocycles. The summed E-state index contributed by atoms with van der Waals surface area (Å²) < 4.78 is 38.3. The first-order valence-electron chi connectivity index (χ1n) is 31.6. The highest BCUT2D eigenvalue weighted by molar-refractivity contribution is 6.32. The van der Waals surface area contributed by atoms with Crippen molar-refractivity contribution in [1.29, 1.82) is 0 Å². The molecule has 7 aliphatic heterocycles. The third kappa shape index (κ3) is 15.8. The van der Waals surface area contributed by atoms with Gasteiger partial charge in [0, 0.05) is 34.7 Å². The topological polar surface area (TPSA) is 530 Å². The maximum Gasteiger partial charge on any atom is 0.330 e. The molecule has 12 rings (SSSR count). The molecule has 7 amide bonds. The van der Waals surface area contributed by atoms with E-state index in [1.165, 1.54) is 33.0 Å². The molecular formula is C66H75Cl2N9O24. The van der Waals surface area contributed by atoms with Crippen LogP contribution in [-0.2, 0) is 52.6 Å². The summed E-state index contributed by atoms with van der Waals surface area (Å²) in [6.45, 7) is 5.66. The van der Waals surface area contributed by atoms with Gasteiger partial charge in [0.1, 0.15) is 89.5 Å². The molecule has 0 radical (unpaired) electrons. The number of fused-ring (bicyclic) bond motifs is 15. The first-order valence-corrected chi connectivity index (χ1v) is 32.4. The highest BCUT2D eigenvalue weighted by atomic mass is 35.5. The predicted octanol–water partition coefficient (Wildman–Crippen LogP) is 0.106. The van der Waals surface area contributed by atoms with Crippen LogP contribution in [0.15, 0.2) is 78.9 Å². The number of primary amides is 1. The number of phenolic OH excluding ortho intramolecular Hbond substituents is 3. The Kier molecular flexibility index (Phi) is 22.2. The number of carbonyl (C=O) groups is 8. The summed E-state index contributed by atoms with van der Waals surface area (Å²) in [5.41, 5.74) is 8.00. The van der Waals surface area contributed by atoms with Crippen LogP contribution in [0.25, 0.3) is 11.1 Å². The molecule has 0 aliphatic carbocycles. The maximum atomic E-state index is 16.0. The van der Waals surface area contributed by atoms with Crippen LogP contribution in [0, 0.1) is 5.92 Å². The van der Waals surface area contributed by atoms with Crippen LogP contribution in [0.5, 0.6) is 46.0 Å². The Morgan fingerprint density at radius 1 is 0.713 bits per heavy atom. The first kappa shape index (κ1) is 74.5. The summed E-state index contributed by atoms with van der Waals surface area (Å²) in [7, 11) is 1.47. The summed E-state index contributed by atoms with van der Waals surface area (Å²) in [5, 5.41) is 131. The van der Waals surface area contributed by atoms with E-state index in [1.54, 1.807) is 0 Å². The summed E-state index contributed by atoms with van der Waals surface area (Å²) in [6, 6.07) is -0.679. The van der Waals surface area contributed by atoms with Gasteiger partial charge in [-0.1, -0.05) is 55.2 Å². The molecule has 2 fully saturated rings. The van der Waals surface area contributed by atoms with Crippen molar-refractivity contribution in [3.05, 3.63) is 117 Å². The molecule has 7 aliphatic rings. The Balaban J connectivity index is 1.24. The van der Waals surface area contributed by atoms with Crippen LogP contribution in [0.1, 0.15) is 105 Å². The zero-order chi connectivity index (χ0) is 73.5. The van der Waals surface area contributed by atoms with E-state index in [9.17, 15) is 75.0 Å². The zero-order valence-corrected chi connectivity index (χ0v) is 55.8. The van der Waals surface area contributed by atoms with Gasteiger partial charge in [-0.25, -0.2) is 4.79 Å². The Morgan fingerprint density at radius 3 is 1.90 bits per heavy atom. The maximum absolute atomic E-state index is 16.0. The van der Waals surface area contributed by atoms with E-state index < -0.39 is 237 Å². The van der Waals surface area contributed by atoms with Crippen molar-refractivity contribution < 1.29 is 118 Å². The SMILES string of the molecule is CN[C@H](CC(C)C)C(=O)N[C@H]1C(=O)NC(CC(N)=O)C(=O)N[C@H]2C(=O)N[C@H]3C(=O)N[C@H](C(=O)N[C@H](C(=O)O)c4cc(O)cc(O)c4-c4cc3ccc4O)[C@H](O)c3ccc(c(Cl)c3)Oc3cc2cc(c3O[C@@H]2O[C@H](CO)[C@@H](O)[C@H](O)[C@H]2O[C@H]2C[C@](C)(N)[C@H](O)[C@H](C)O2)Oc2ccc(cc2Cl)[C@H]1O. The second kappa shape index (κ2) is 30.2. The minimum atomic E-state index is -2.35. The average molecular weight is 1450 g/mol. The number of carboxylic acids is 1. The van der Waals surface area contributed by atoms with Gasteiger partial charge in [-0.3, -0.25) is 33.6 Å². The third-order valence-corrected chi connectivity index (χ3v) is 18.4. The third-order valence-electron chi connectivity index (χ3n) is 17.8. The van der Waals surface area contributed by atoms with E-state index in [2.05, 4.69) is 37.2 Å². The number of rotatable bonds is 13. The van der Waals surface area contributed by atoms with Crippen molar-refractivity contribution in [3.8, 4) is 57.1 Å². The smallest absolute Gasteiger partial charge is 0.330 e. The Morgan fingerprint density at radius 2 is 1.32 bits per heavy atom. The standard InChI is InChI=1S/C66H75Cl2N9O24/c1-23(2)12-34(71-5)58(88)76-49-51(83)26-7-10-38(32(67)14-26)97-40-16-28-17-41(55(40)101-65-56(54(86)53(85)42(22-78)99-65)100-44-21-66(4,70)57(87)24(3)96-44)98-39-11-8-27(15-33(39)68)52(84)50-63(93)75-48(64(94)95)31-18-29(79)19-37(81)45(31)30-13-25(6-9-36(30)80)46(60(90)77-50)74-61(91)47(28)73-59(89)35(20-43(69)82)72-62(49)92/h6-11,13-19,23-24,34-35,42,44,46-54,56-57,65,71,78-81,83-87H,12,20-22,70H2,1-5H3,(H2,69,82)(H,72,92)(H,73,89)(H,74,91)(H,75,93)(H,76,88)(H,77,90)(H,94,95)/t24-,34+,35?,42+,44-,46+,47+,48-,49+,50-,51+,52+,53+,54-,56+,57+,65-,66-/m0/s1. The van der Waals surface area contributed by atoms with Crippen molar-refractivity contribution >= 4 is 70.5 Å². The van der Waals surface area contributed by atoms with Crippen LogP contribution in [-0.4, -0.2) is 191 Å². The lowest BCUT2D eigenvalue weighted by Crippen LogP contribution is -2.64. The van der Waals surface area contributed by atoms with Gasteiger partial charge < -0.3 is 128 Å². The fourth-order valence-electron chi connectivity index (χ4n) is 12.5. The van der Waals surface area contributed by atoms with Gasteiger partial charge in [0.15, 0.2) is 29.9 Å². The van der Waals surface area contributed by atoms with Crippen molar-refractivity contribution in [3.63, 3.8) is 0 Å². The summed E-state index contributed by atoms with van der Waals surface area (Å²) >= 11 is 14.1. The van der Waals surface area contributed by atoms with E-state index in [0.717, 1.165) is 66.7 Å². The van der Waals surface area contributed by atoms with Crippen molar-refractivity contribution in [1.82, 2.24) is 37.2 Å². The second-order valence-corrected chi connectivity index (χ2v) is 26.5. The number of ether oxygens (including phenoxy) is 6. The predicted molar refractivity (Wildman–Crippen MR) is 349 cm³/mol. The number of phenols is 3. The number of benzene rings is 5. The largest absolute Gasteiger partial charge is 0.508 e. The molecule has 5 aromatic carbocycles. The highest BCUT2D eigenvalue weighted by Crippen LogP contribution is 2.50. The first-order chi connectivity index (χ1) is 47.7. The quantitative estimate of drug-likeness (QED) is 0.0743. The van der Waals surface area contributed by atoms with E-state index in [4.69, 9.17) is 63.1 Å². The van der Waals surface area contributed by atoms with E-state index in [1.807, 2.05) is 13.8 Å². The minimum absolute atomic E-state index is 0.0975. The summed E-state index contributed by atoms with van der Waals surface area (Å²) in [4.78, 5) is 117. The highest BCUT2D eigenvalue weighted by Gasteiger charge is 2.51. The molecule has 35 heteroatoms. The number of likely N-dealkylation sites (N-methyl/N-ethyl adjacent to an activating group) is 1. The van der Waals surface area contributed by atoms with E-state index in [-0.39, 0.29) is 46.2 Å². The number of aliphatic hydroxyl groups is 6. The average Bonchev–Trinajstić information content (AvgIpc) is 0.775. The minimum Gasteiger partial charge on any atom is -0.508 e. The molecular weight excluding hydrogens is 1370 g/mol. The summed E-state index contributed by atoms with van der Waals surface area (Å²) in [6.07, 6.45) is -18.6. The van der Waals surface area contributed by atoms with Crippen LogP contribution in [0.4, 0.5) is 0 Å². The van der Waals surface area contributed by atoms with E-state index in [0.29, 0.717) is 0 Å². The number of amides is 7. The van der Waals surface area contributed by atoms with Gasteiger partial charge in [0.25, 0.3) is 0 Å².